The smallest absolute Gasteiger partial charge is 0.407 e. The lowest BCUT2D eigenvalue weighted by atomic mass is 10.1. The van der Waals surface area contributed by atoms with Crippen LogP contribution in [0.4, 0.5) is 4.79 Å². The van der Waals surface area contributed by atoms with Gasteiger partial charge in [0.2, 0.25) is 5.91 Å². The fraction of sp³-hybridized carbons (Fsp3) is 0.654. The molecule has 0 radical (unpaired) electrons. The maximum Gasteiger partial charge on any atom is 0.407 e. The lowest BCUT2D eigenvalue weighted by molar-refractivity contribution is -0.133. The largest absolute Gasteiger partial charge is 0.494 e. The van der Waals surface area contributed by atoms with Crippen molar-refractivity contribution in [2.45, 2.75) is 58.5 Å². The van der Waals surface area contributed by atoms with Gasteiger partial charge in [-0.1, -0.05) is 0 Å². The second-order valence-corrected chi connectivity index (χ2v) is 10.1. The number of carbonyl (C=O) groups is 3. The third kappa shape index (κ3) is 8.97. The highest BCUT2D eigenvalue weighted by Crippen LogP contribution is 2.32. The number of ketones is 1. The number of alkyl carbamates (subject to hydrolysis) is 1. The summed E-state index contributed by atoms with van der Waals surface area (Å²) in [5.41, 5.74) is 0.259. The van der Waals surface area contributed by atoms with Crippen LogP contribution in [0, 0.1) is 5.92 Å². The second kappa shape index (κ2) is 12.2. The van der Waals surface area contributed by atoms with Crippen LogP contribution in [0.1, 0.15) is 63.2 Å². The first kappa shape index (κ1) is 26.0. The fourth-order valence-corrected chi connectivity index (χ4v) is 3.90. The van der Waals surface area contributed by atoms with Crippen LogP contribution in [0.5, 0.6) is 5.75 Å². The molecule has 1 saturated heterocycles. The highest BCUT2D eigenvalue weighted by Gasteiger charge is 2.30. The summed E-state index contributed by atoms with van der Waals surface area (Å²) in [5.74, 6) is 1.42. The average Bonchev–Trinajstić information content (AvgIpc) is 3.64. The minimum Gasteiger partial charge on any atom is -0.494 e. The van der Waals surface area contributed by atoms with Crippen LogP contribution in [-0.4, -0.2) is 79.1 Å². The van der Waals surface area contributed by atoms with Gasteiger partial charge in [0.1, 0.15) is 11.4 Å². The van der Waals surface area contributed by atoms with E-state index in [0.29, 0.717) is 26.0 Å². The Labute approximate surface area is 202 Å². The fourth-order valence-electron chi connectivity index (χ4n) is 3.90. The zero-order valence-corrected chi connectivity index (χ0v) is 20.8. The van der Waals surface area contributed by atoms with Gasteiger partial charge in [-0.05, 0) is 70.7 Å². The Hall–Kier alpha value is -2.61. The quantitative estimate of drug-likeness (QED) is 0.391. The molecule has 8 heteroatoms. The highest BCUT2D eigenvalue weighted by atomic mass is 16.6. The van der Waals surface area contributed by atoms with Crippen molar-refractivity contribution < 1.29 is 23.9 Å². The molecule has 1 aromatic rings. The summed E-state index contributed by atoms with van der Waals surface area (Å²) in [4.78, 5) is 40.4. The maximum atomic E-state index is 12.4. The van der Waals surface area contributed by atoms with Crippen molar-refractivity contribution in [3.8, 4) is 5.75 Å². The number of benzene rings is 1. The molecule has 1 N–H and O–H groups in total. The molecule has 3 rings (SSSR count). The number of hydrogen-bond donors (Lipinski definition) is 1. The van der Waals surface area contributed by atoms with Crippen LogP contribution in [0.15, 0.2) is 24.3 Å². The molecular weight excluding hydrogens is 434 g/mol. The third-order valence-electron chi connectivity index (χ3n) is 5.94. The molecular formula is C26H39N3O5. The number of nitrogens with one attached hydrogen (secondary N) is 1. The minimum absolute atomic E-state index is 0.137. The SMILES string of the molecule is CC(C)(C)OC(=O)NCCCC(=O)N1CCN(CCCOc2ccc(C(=O)C3CC3)cc2)CC1. The molecule has 2 aliphatic rings. The molecule has 0 unspecified atom stereocenters. The molecule has 1 aromatic carbocycles. The molecule has 2 amide bonds. The van der Waals surface area contributed by atoms with E-state index in [1.54, 1.807) is 0 Å². The summed E-state index contributed by atoms with van der Waals surface area (Å²) in [7, 11) is 0. The van der Waals surface area contributed by atoms with E-state index < -0.39 is 11.7 Å². The number of rotatable bonds is 11. The van der Waals surface area contributed by atoms with Crippen LogP contribution in [0.2, 0.25) is 0 Å². The third-order valence-corrected chi connectivity index (χ3v) is 5.94. The number of carbonyl (C=O) groups excluding carboxylic acids is 3. The first-order valence-corrected chi connectivity index (χ1v) is 12.5. The Bertz CT molecular complexity index is 822. The van der Waals surface area contributed by atoms with Crippen LogP contribution in [0.25, 0.3) is 0 Å². The number of hydrogen-bond acceptors (Lipinski definition) is 6. The summed E-state index contributed by atoms with van der Waals surface area (Å²) >= 11 is 0. The highest BCUT2D eigenvalue weighted by molar-refractivity contribution is 5.99. The van der Waals surface area contributed by atoms with Gasteiger partial charge >= 0.3 is 6.09 Å². The molecule has 2 fully saturated rings. The monoisotopic (exact) mass is 473 g/mol. The van der Waals surface area contributed by atoms with Gasteiger partial charge in [-0.25, -0.2) is 4.79 Å². The Morgan fingerprint density at radius 3 is 2.29 bits per heavy atom. The first-order valence-electron chi connectivity index (χ1n) is 12.5. The summed E-state index contributed by atoms with van der Waals surface area (Å²) in [5, 5.41) is 2.69. The van der Waals surface area contributed by atoms with Crippen molar-refractivity contribution >= 4 is 17.8 Å². The van der Waals surface area contributed by atoms with E-state index in [0.717, 1.165) is 63.3 Å². The van der Waals surface area contributed by atoms with Gasteiger partial charge < -0.3 is 19.7 Å². The summed E-state index contributed by atoms with van der Waals surface area (Å²) in [6.45, 7) is 10.6. The van der Waals surface area contributed by atoms with Crippen LogP contribution in [0.3, 0.4) is 0 Å². The predicted octanol–water partition coefficient (Wildman–Crippen LogP) is 3.50. The molecule has 1 aliphatic heterocycles. The number of nitrogens with zero attached hydrogens (tertiary/aromatic N) is 2. The molecule has 1 saturated carbocycles. The van der Waals surface area contributed by atoms with Crippen molar-refractivity contribution in [3.05, 3.63) is 29.8 Å². The van der Waals surface area contributed by atoms with Crippen molar-refractivity contribution in [1.82, 2.24) is 15.1 Å². The Morgan fingerprint density at radius 1 is 1.00 bits per heavy atom. The van der Waals surface area contributed by atoms with Gasteiger partial charge in [0.25, 0.3) is 0 Å². The maximum absolute atomic E-state index is 12.4. The zero-order valence-electron chi connectivity index (χ0n) is 20.8. The molecule has 1 heterocycles. The Kier molecular flexibility index (Phi) is 9.33. The molecule has 8 nitrogen and oxygen atoms in total. The molecule has 0 bridgehead atoms. The lowest BCUT2D eigenvalue weighted by Gasteiger charge is -2.34. The van der Waals surface area contributed by atoms with E-state index in [4.69, 9.17) is 9.47 Å². The topological polar surface area (TPSA) is 88.2 Å². The predicted molar refractivity (Wildman–Crippen MR) is 130 cm³/mol. The van der Waals surface area contributed by atoms with Crippen molar-refractivity contribution in [1.29, 1.82) is 0 Å². The van der Waals surface area contributed by atoms with Crippen molar-refractivity contribution in [3.63, 3.8) is 0 Å². The van der Waals surface area contributed by atoms with Gasteiger partial charge in [0, 0.05) is 57.2 Å². The molecule has 34 heavy (non-hydrogen) atoms. The van der Waals surface area contributed by atoms with E-state index in [9.17, 15) is 14.4 Å². The van der Waals surface area contributed by atoms with Gasteiger partial charge in [0.05, 0.1) is 6.61 Å². The van der Waals surface area contributed by atoms with Crippen LogP contribution >= 0.6 is 0 Å². The molecule has 188 valence electrons. The Morgan fingerprint density at radius 2 is 1.68 bits per heavy atom. The summed E-state index contributed by atoms with van der Waals surface area (Å²) in [6, 6.07) is 7.48. The minimum atomic E-state index is -0.520. The second-order valence-electron chi connectivity index (χ2n) is 10.1. The summed E-state index contributed by atoms with van der Waals surface area (Å²) in [6.07, 6.45) is 3.53. The molecule has 0 aromatic heterocycles. The van der Waals surface area contributed by atoms with E-state index >= 15 is 0 Å². The van der Waals surface area contributed by atoms with Crippen molar-refractivity contribution in [2.75, 3.05) is 45.9 Å². The molecule has 0 atom stereocenters. The van der Waals surface area contributed by atoms with Gasteiger partial charge in [-0.15, -0.1) is 0 Å². The van der Waals surface area contributed by atoms with Gasteiger partial charge in [-0.2, -0.15) is 0 Å². The summed E-state index contributed by atoms with van der Waals surface area (Å²) < 4.78 is 11.0. The van der Waals surface area contributed by atoms with Crippen LogP contribution in [-0.2, 0) is 9.53 Å². The number of ether oxygens (including phenoxy) is 2. The zero-order chi connectivity index (χ0) is 24.6. The number of piperazine rings is 1. The first-order chi connectivity index (χ1) is 16.2. The normalized spacial score (nSPS) is 16.7. The van der Waals surface area contributed by atoms with Crippen LogP contribution < -0.4 is 10.1 Å². The average molecular weight is 474 g/mol. The van der Waals surface area contributed by atoms with E-state index in [1.165, 1.54) is 0 Å². The van der Waals surface area contributed by atoms with Gasteiger partial charge in [0.15, 0.2) is 5.78 Å². The standard InChI is InChI=1S/C26H39N3O5/c1-26(2,3)34-25(32)27-13-4-6-23(30)29-17-15-28(16-18-29)14-5-19-33-22-11-9-21(10-12-22)24(31)20-7-8-20/h9-12,20H,4-8,13-19H2,1-3H3,(H,27,32). The van der Waals surface area contributed by atoms with Crippen molar-refractivity contribution in [2.24, 2.45) is 5.92 Å². The lowest BCUT2D eigenvalue weighted by Crippen LogP contribution is -2.49. The Balaban J connectivity index is 1.23. The molecule has 1 aliphatic carbocycles. The molecule has 0 spiro atoms. The van der Waals surface area contributed by atoms with E-state index in [-0.39, 0.29) is 17.6 Å². The number of Topliss-reactive ketones (excluding diaryl/α,β-unsaturated/α-hetero) is 1. The van der Waals surface area contributed by atoms with Gasteiger partial charge in [-0.3, -0.25) is 14.5 Å². The van der Waals surface area contributed by atoms with E-state index in [1.807, 2.05) is 49.9 Å². The van der Waals surface area contributed by atoms with E-state index in [2.05, 4.69) is 10.2 Å². The number of amides is 2.